The molecule has 1 N–H and O–H groups in total. The minimum atomic E-state index is 0.427. The van der Waals surface area contributed by atoms with Crippen molar-refractivity contribution in [1.82, 2.24) is 3.53 Å². The number of ether oxygens (including phenoxy) is 1. The number of nitrogens with one attached hydrogen (secondary N) is 1. The Labute approximate surface area is 76.2 Å². The first kappa shape index (κ1) is 8.74. The SMILES string of the molecule is CC1CC(NI)CC(C)O1. The van der Waals surface area contributed by atoms with Crippen molar-refractivity contribution in [2.75, 3.05) is 0 Å². The quantitative estimate of drug-likeness (QED) is 0.570. The number of hydrogen-bond acceptors (Lipinski definition) is 2. The number of rotatable bonds is 1. The smallest absolute Gasteiger partial charge is 0.0565 e. The molecule has 0 spiro atoms. The van der Waals surface area contributed by atoms with Crippen molar-refractivity contribution in [3.63, 3.8) is 0 Å². The van der Waals surface area contributed by atoms with E-state index < -0.39 is 0 Å². The fourth-order valence-electron chi connectivity index (χ4n) is 1.49. The fraction of sp³-hybridized carbons (Fsp3) is 1.00. The van der Waals surface area contributed by atoms with Crippen LogP contribution in [0.25, 0.3) is 0 Å². The second-order valence-corrected chi connectivity index (χ2v) is 3.66. The van der Waals surface area contributed by atoms with Crippen molar-refractivity contribution in [2.24, 2.45) is 0 Å². The summed E-state index contributed by atoms with van der Waals surface area (Å²) in [4.78, 5) is 0. The molecule has 0 aromatic carbocycles. The Morgan fingerprint density at radius 3 is 2.20 bits per heavy atom. The lowest BCUT2D eigenvalue weighted by Crippen LogP contribution is -2.37. The summed E-state index contributed by atoms with van der Waals surface area (Å²) in [6, 6.07) is 0.652. The maximum Gasteiger partial charge on any atom is 0.0565 e. The van der Waals surface area contributed by atoms with E-state index in [9.17, 15) is 0 Å². The molecule has 1 saturated heterocycles. The zero-order valence-electron chi connectivity index (χ0n) is 6.43. The molecule has 0 aromatic heterocycles. The summed E-state index contributed by atoms with van der Waals surface area (Å²) in [5, 5.41) is 0. The van der Waals surface area contributed by atoms with Gasteiger partial charge < -0.3 is 4.74 Å². The largest absolute Gasteiger partial charge is 0.375 e. The lowest BCUT2D eigenvalue weighted by Gasteiger charge is -2.31. The molecule has 1 heterocycles. The van der Waals surface area contributed by atoms with Crippen molar-refractivity contribution in [1.29, 1.82) is 0 Å². The first-order valence-electron chi connectivity index (χ1n) is 3.74. The second-order valence-electron chi connectivity index (χ2n) is 3.03. The molecule has 0 bridgehead atoms. The van der Waals surface area contributed by atoms with E-state index in [2.05, 4.69) is 40.2 Å². The van der Waals surface area contributed by atoms with Gasteiger partial charge >= 0.3 is 0 Å². The third kappa shape index (κ3) is 2.36. The van der Waals surface area contributed by atoms with Gasteiger partial charge in [-0.25, -0.2) is 0 Å². The Kier molecular flexibility index (Phi) is 3.39. The third-order valence-corrected chi connectivity index (χ3v) is 2.73. The second kappa shape index (κ2) is 3.88. The maximum absolute atomic E-state index is 5.57. The van der Waals surface area contributed by atoms with Gasteiger partial charge in [-0.3, -0.25) is 3.53 Å². The summed E-state index contributed by atoms with van der Waals surface area (Å²) >= 11 is 2.22. The van der Waals surface area contributed by atoms with Gasteiger partial charge in [-0.1, -0.05) is 0 Å². The van der Waals surface area contributed by atoms with Gasteiger partial charge in [0, 0.05) is 28.9 Å². The van der Waals surface area contributed by atoms with Gasteiger partial charge in [0.25, 0.3) is 0 Å². The summed E-state index contributed by atoms with van der Waals surface area (Å²) in [6.07, 6.45) is 3.15. The van der Waals surface area contributed by atoms with Crippen LogP contribution in [0.2, 0.25) is 0 Å². The van der Waals surface area contributed by atoms with Gasteiger partial charge in [-0.05, 0) is 26.7 Å². The van der Waals surface area contributed by atoms with E-state index in [1.807, 2.05) is 0 Å². The van der Waals surface area contributed by atoms with E-state index in [1.54, 1.807) is 0 Å². The molecule has 0 amide bonds. The molecule has 0 aliphatic carbocycles. The van der Waals surface area contributed by atoms with Crippen molar-refractivity contribution < 1.29 is 4.74 Å². The molecule has 3 heteroatoms. The Bertz CT molecular complexity index is 99.8. The lowest BCUT2D eigenvalue weighted by molar-refractivity contribution is -0.0378. The summed E-state index contributed by atoms with van der Waals surface area (Å²) in [5.41, 5.74) is 0. The first-order valence-corrected chi connectivity index (χ1v) is 4.82. The zero-order chi connectivity index (χ0) is 7.56. The summed E-state index contributed by atoms with van der Waals surface area (Å²) in [7, 11) is 0. The summed E-state index contributed by atoms with van der Waals surface area (Å²) in [5.74, 6) is 0. The molecule has 60 valence electrons. The van der Waals surface area contributed by atoms with E-state index in [-0.39, 0.29) is 0 Å². The van der Waals surface area contributed by atoms with Crippen LogP contribution in [-0.2, 0) is 4.74 Å². The molecule has 0 aromatic rings. The van der Waals surface area contributed by atoms with Gasteiger partial charge in [-0.2, -0.15) is 0 Å². The topological polar surface area (TPSA) is 21.3 Å². The molecule has 10 heavy (non-hydrogen) atoms. The van der Waals surface area contributed by atoms with E-state index in [0.717, 1.165) is 12.8 Å². The molecule has 2 atom stereocenters. The van der Waals surface area contributed by atoms with Crippen LogP contribution >= 0.6 is 22.9 Å². The van der Waals surface area contributed by atoms with Gasteiger partial charge in [0.1, 0.15) is 0 Å². The van der Waals surface area contributed by atoms with E-state index >= 15 is 0 Å². The average molecular weight is 255 g/mol. The normalized spacial score (nSPS) is 41.7. The maximum atomic E-state index is 5.57. The standard InChI is InChI=1S/C7H14INO/c1-5-3-7(9-8)4-6(2)10-5/h5-7,9H,3-4H2,1-2H3. The van der Waals surface area contributed by atoms with Crippen molar-refractivity contribution in [3.8, 4) is 0 Å². The minimum Gasteiger partial charge on any atom is -0.375 e. The van der Waals surface area contributed by atoms with Crippen molar-refractivity contribution in [2.45, 2.75) is 44.9 Å². The Balaban J connectivity index is 2.35. The fourth-order valence-corrected chi connectivity index (χ4v) is 2.00. The van der Waals surface area contributed by atoms with Crippen LogP contribution in [0.15, 0.2) is 0 Å². The zero-order valence-corrected chi connectivity index (χ0v) is 8.59. The first-order chi connectivity index (χ1) is 4.72. The predicted octanol–water partition coefficient (Wildman–Crippen LogP) is 1.88. The van der Waals surface area contributed by atoms with Crippen LogP contribution < -0.4 is 3.53 Å². The van der Waals surface area contributed by atoms with E-state index in [0.29, 0.717) is 18.2 Å². The van der Waals surface area contributed by atoms with E-state index in [4.69, 9.17) is 4.74 Å². The highest BCUT2D eigenvalue weighted by Gasteiger charge is 2.22. The molecule has 1 aliphatic heterocycles. The summed E-state index contributed by atoms with van der Waals surface area (Å²) in [6.45, 7) is 4.27. The highest BCUT2D eigenvalue weighted by Crippen LogP contribution is 2.19. The Morgan fingerprint density at radius 1 is 1.30 bits per heavy atom. The highest BCUT2D eigenvalue weighted by molar-refractivity contribution is 14.1. The number of hydrogen-bond donors (Lipinski definition) is 1. The molecule has 0 saturated carbocycles. The van der Waals surface area contributed by atoms with Crippen LogP contribution in [-0.4, -0.2) is 18.2 Å². The van der Waals surface area contributed by atoms with Gasteiger partial charge in [-0.15, -0.1) is 0 Å². The van der Waals surface area contributed by atoms with Crippen LogP contribution in [0.5, 0.6) is 0 Å². The van der Waals surface area contributed by atoms with Crippen LogP contribution in [0, 0.1) is 0 Å². The molecular weight excluding hydrogens is 241 g/mol. The highest BCUT2D eigenvalue weighted by atomic mass is 127. The Hall–Kier alpha value is 0.650. The molecular formula is C7H14INO. The number of halogens is 1. The van der Waals surface area contributed by atoms with Crippen LogP contribution in [0.1, 0.15) is 26.7 Å². The lowest BCUT2D eigenvalue weighted by atomic mass is 10.0. The van der Waals surface area contributed by atoms with Gasteiger partial charge in [0.15, 0.2) is 0 Å². The third-order valence-electron chi connectivity index (χ3n) is 1.85. The van der Waals surface area contributed by atoms with Gasteiger partial charge in [0.05, 0.1) is 12.2 Å². The Morgan fingerprint density at radius 2 is 1.80 bits per heavy atom. The molecule has 1 aliphatic rings. The molecule has 2 nitrogen and oxygen atoms in total. The van der Waals surface area contributed by atoms with Crippen LogP contribution in [0.4, 0.5) is 0 Å². The monoisotopic (exact) mass is 255 g/mol. The molecule has 0 radical (unpaired) electrons. The predicted molar refractivity (Wildman–Crippen MR) is 50.2 cm³/mol. The molecule has 2 unspecified atom stereocenters. The van der Waals surface area contributed by atoms with Crippen LogP contribution in [0.3, 0.4) is 0 Å². The van der Waals surface area contributed by atoms with E-state index in [1.165, 1.54) is 0 Å². The average Bonchev–Trinajstić information content (AvgIpc) is 1.85. The van der Waals surface area contributed by atoms with Gasteiger partial charge in [0.2, 0.25) is 0 Å². The van der Waals surface area contributed by atoms with Crippen molar-refractivity contribution in [3.05, 3.63) is 0 Å². The minimum absolute atomic E-state index is 0.427. The van der Waals surface area contributed by atoms with Crippen molar-refractivity contribution >= 4 is 22.9 Å². The summed E-state index contributed by atoms with van der Waals surface area (Å²) < 4.78 is 8.83. The molecule has 1 rings (SSSR count). The molecule has 1 fully saturated rings.